The van der Waals surface area contributed by atoms with Gasteiger partial charge in [0.1, 0.15) is 5.78 Å². The maximum absolute atomic E-state index is 12.6. The predicted molar refractivity (Wildman–Crippen MR) is 86.5 cm³/mol. The van der Waals surface area contributed by atoms with Crippen LogP contribution >= 0.6 is 0 Å². The molecule has 2 heteroatoms. The SMILES string of the molecule is CCC(=O)[C@H]1[C@H]2CC[C@@H](C[C@@H]1c1ccc(C)cc1)N(C)C2. The highest BCUT2D eigenvalue weighted by Gasteiger charge is 2.43. The first-order valence-electron chi connectivity index (χ1n) is 8.39. The first-order chi connectivity index (χ1) is 10.1. The minimum absolute atomic E-state index is 0.229. The summed E-state index contributed by atoms with van der Waals surface area (Å²) in [6.07, 6.45) is 4.31. The molecule has 2 nitrogen and oxygen atoms in total. The topological polar surface area (TPSA) is 20.3 Å². The van der Waals surface area contributed by atoms with Crippen LogP contribution in [0.2, 0.25) is 0 Å². The largest absolute Gasteiger partial charge is 0.303 e. The Morgan fingerprint density at radius 2 is 1.95 bits per heavy atom. The number of aryl methyl sites for hydroxylation is 1. The van der Waals surface area contributed by atoms with Gasteiger partial charge in [-0.15, -0.1) is 0 Å². The van der Waals surface area contributed by atoms with Gasteiger partial charge in [0.05, 0.1) is 0 Å². The van der Waals surface area contributed by atoms with Crippen molar-refractivity contribution in [3.05, 3.63) is 35.4 Å². The Morgan fingerprint density at radius 1 is 1.24 bits per heavy atom. The molecule has 4 rings (SSSR count). The first kappa shape index (κ1) is 14.8. The van der Waals surface area contributed by atoms with Crippen LogP contribution in [-0.2, 0) is 4.79 Å². The number of hydrogen-bond donors (Lipinski definition) is 0. The second kappa shape index (κ2) is 5.92. The Kier molecular flexibility index (Phi) is 4.17. The lowest BCUT2D eigenvalue weighted by molar-refractivity contribution is -0.125. The molecule has 0 unspecified atom stereocenters. The van der Waals surface area contributed by atoms with Gasteiger partial charge in [0.25, 0.3) is 0 Å². The Labute approximate surface area is 128 Å². The van der Waals surface area contributed by atoms with Gasteiger partial charge in [-0.25, -0.2) is 0 Å². The van der Waals surface area contributed by atoms with Crippen LogP contribution in [0.4, 0.5) is 0 Å². The predicted octanol–water partition coefficient (Wildman–Crippen LogP) is 3.79. The second-order valence-electron chi connectivity index (χ2n) is 7.03. The van der Waals surface area contributed by atoms with E-state index in [-0.39, 0.29) is 5.92 Å². The fourth-order valence-corrected chi connectivity index (χ4v) is 4.48. The average Bonchev–Trinajstić information content (AvgIpc) is 2.75. The zero-order chi connectivity index (χ0) is 15.0. The Balaban J connectivity index is 1.98. The van der Waals surface area contributed by atoms with Gasteiger partial charge in [0.15, 0.2) is 0 Å². The molecule has 2 bridgehead atoms. The van der Waals surface area contributed by atoms with Crippen LogP contribution in [0.25, 0.3) is 0 Å². The number of carbonyl (C=O) groups excluding carboxylic acids is 1. The number of piperidine rings is 1. The van der Waals surface area contributed by atoms with Gasteiger partial charge in [-0.05, 0) is 50.6 Å². The molecule has 4 atom stereocenters. The summed E-state index contributed by atoms with van der Waals surface area (Å²) < 4.78 is 0. The molecule has 0 N–H and O–H groups in total. The second-order valence-corrected chi connectivity index (χ2v) is 7.03. The summed E-state index contributed by atoms with van der Waals surface area (Å²) >= 11 is 0. The lowest BCUT2D eigenvalue weighted by Gasteiger charge is -2.35. The van der Waals surface area contributed by atoms with Gasteiger partial charge in [-0.3, -0.25) is 4.79 Å². The normalized spacial score (nSPS) is 32.9. The van der Waals surface area contributed by atoms with E-state index in [1.165, 1.54) is 24.0 Å². The molecule has 3 fully saturated rings. The standard InChI is InChI=1S/C19H27NO/c1-4-18(21)19-15-9-10-16(20(3)12-15)11-17(19)14-7-5-13(2)6-8-14/h5-8,15-17,19H,4,9-12H2,1-3H3/t15-,16-,17+,19-/m0/s1. The van der Waals surface area contributed by atoms with Crippen molar-refractivity contribution in [2.24, 2.45) is 11.8 Å². The number of benzene rings is 1. The van der Waals surface area contributed by atoms with Crippen molar-refractivity contribution in [3.63, 3.8) is 0 Å². The average molecular weight is 285 g/mol. The Morgan fingerprint density at radius 3 is 2.57 bits per heavy atom. The molecule has 114 valence electrons. The van der Waals surface area contributed by atoms with Crippen molar-refractivity contribution in [2.75, 3.05) is 13.6 Å². The van der Waals surface area contributed by atoms with Crippen molar-refractivity contribution in [1.29, 1.82) is 0 Å². The van der Waals surface area contributed by atoms with E-state index in [1.54, 1.807) is 0 Å². The van der Waals surface area contributed by atoms with E-state index in [0.717, 1.165) is 13.0 Å². The van der Waals surface area contributed by atoms with Gasteiger partial charge >= 0.3 is 0 Å². The minimum Gasteiger partial charge on any atom is -0.303 e. The number of fused-ring (bicyclic) bond motifs is 4. The quantitative estimate of drug-likeness (QED) is 0.842. The molecular weight excluding hydrogens is 258 g/mol. The highest BCUT2D eigenvalue weighted by molar-refractivity contribution is 5.82. The Bertz CT molecular complexity index is 507. The van der Waals surface area contributed by atoms with Crippen LogP contribution < -0.4 is 0 Å². The van der Waals surface area contributed by atoms with Crippen molar-refractivity contribution in [3.8, 4) is 0 Å². The van der Waals surface area contributed by atoms with Gasteiger partial charge < -0.3 is 4.90 Å². The summed E-state index contributed by atoms with van der Waals surface area (Å²) in [6, 6.07) is 9.54. The van der Waals surface area contributed by atoms with Crippen molar-refractivity contribution >= 4 is 5.78 Å². The molecule has 3 aliphatic rings. The summed E-state index contributed by atoms with van der Waals surface area (Å²) in [5, 5.41) is 0. The molecule has 0 spiro atoms. The maximum Gasteiger partial charge on any atom is 0.136 e. The number of ketones is 1. The van der Waals surface area contributed by atoms with Gasteiger partial charge in [-0.1, -0.05) is 36.8 Å². The smallest absolute Gasteiger partial charge is 0.136 e. The molecule has 0 aromatic heterocycles. The third kappa shape index (κ3) is 2.78. The fraction of sp³-hybridized carbons (Fsp3) is 0.632. The third-order valence-electron chi connectivity index (χ3n) is 5.71. The highest BCUT2D eigenvalue weighted by Crippen LogP contribution is 2.45. The summed E-state index contributed by atoms with van der Waals surface area (Å²) in [5.74, 6) is 1.67. The molecule has 1 aromatic carbocycles. The molecule has 1 saturated carbocycles. The van der Waals surface area contributed by atoms with E-state index in [2.05, 4.69) is 43.1 Å². The molecule has 1 aromatic rings. The zero-order valence-corrected chi connectivity index (χ0v) is 13.5. The van der Waals surface area contributed by atoms with Crippen LogP contribution in [0.3, 0.4) is 0 Å². The molecule has 2 aliphatic heterocycles. The number of rotatable bonds is 3. The lowest BCUT2D eigenvalue weighted by atomic mass is 9.74. The van der Waals surface area contributed by atoms with Crippen LogP contribution in [0, 0.1) is 18.8 Å². The molecule has 0 radical (unpaired) electrons. The molecular formula is C19H27NO. The number of Topliss-reactive ketones (excluding diaryl/α,β-unsaturated/α-hetero) is 1. The summed E-state index contributed by atoms with van der Waals surface area (Å²) in [6.45, 7) is 5.25. The van der Waals surface area contributed by atoms with E-state index in [0.29, 0.717) is 30.1 Å². The van der Waals surface area contributed by atoms with Gasteiger partial charge in [-0.2, -0.15) is 0 Å². The third-order valence-corrected chi connectivity index (χ3v) is 5.71. The molecule has 21 heavy (non-hydrogen) atoms. The molecule has 1 aliphatic carbocycles. The maximum atomic E-state index is 12.6. The monoisotopic (exact) mass is 285 g/mol. The van der Waals surface area contributed by atoms with Crippen molar-refractivity contribution < 1.29 is 4.79 Å². The zero-order valence-electron chi connectivity index (χ0n) is 13.5. The highest BCUT2D eigenvalue weighted by atomic mass is 16.1. The van der Waals surface area contributed by atoms with E-state index < -0.39 is 0 Å². The summed E-state index contributed by atoms with van der Waals surface area (Å²) in [5.41, 5.74) is 2.67. The Hall–Kier alpha value is -1.15. The number of hydrogen-bond acceptors (Lipinski definition) is 2. The number of carbonyl (C=O) groups is 1. The van der Waals surface area contributed by atoms with Crippen LogP contribution in [-0.4, -0.2) is 30.3 Å². The molecule has 2 saturated heterocycles. The number of nitrogens with zero attached hydrogens (tertiary/aromatic N) is 1. The first-order valence-corrected chi connectivity index (χ1v) is 8.39. The van der Waals surface area contributed by atoms with Gasteiger partial charge in [0, 0.05) is 24.9 Å². The van der Waals surface area contributed by atoms with Crippen molar-refractivity contribution in [2.45, 2.75) is 51.5 Å². The summed E-state index contributed by atoms with van der Waals surface area (Å²) in [4.78, 5) is 15.1. The minimum atomic E-state index is 0.229. The van der Waals surface area contributed by atoms with E-state index in [9.17, 15) is 4.79 Å². The van der Waals surface area contributed by atoms with Crippen LogP contribution in [0.5, 0.6) is 0 Å². The lowest BCUT2D eigenvalue weighted by Crippen LogP contribution is -2.40. The summed E-state index contributed by atoms with van der Waals surface area (Å²) in [7, 11) is 2.24. The van der Waals surface area contributed by atoms with E-state index in [1.807, 2.05) is 6.92 Å². The van der Waals surface area contributed by atoms with E-state index >= 15 is 0 Å². The van der Waals surface area contributed by atoms with Gasteiger partial charge in [0.2, 0.25) is 0 Å². The fourth-order valence-electron chi connectivity index (χ4n) is 4.48. The molecule has 2 heterocycles. The van der Waals surface area contributed by atoms with E-state index in [4.69, 9.17) is 0 Å². The van der Waals surface area contributed by atoms with Crippen molar-refractivity contribution in [1.82, 2.24) is 4.90 Å². The van der Waals surface area contributed by atoms with Crippen LogP contribution in [0.15, 0.2) is 24.3 Å². The van der Waals surface area contributed by atoms with Crippen LogP contribution in [0.1, 0.15) is 49.7 Å². The molecule has 0 amide bonds.